The van der Waals surface area contributed by atoms with Crippen molar-refractivity contribution in [2.75, 3.05) is 6.54 Å². The first-order valence-corrected chi connectivity index (χ1v) is 7.62. The normalized spacial score (nSPS) is 18.6. The third-order valence-electron chi connectivity index (χ3n) is 4.35. The summed E-state index contributed by atoms with van der Waals surface area (Å²) in [5.41, 5.74) is 2.00. The molecule has 1 aromatic rings. The van der Waals surface area contributed by atoms with Gasteiger partial charge in [-0.2, -0.15) is 0 Å². The lowest BCUT2D eigenvalue weighted by Crippen LogP contribution is -2.40. The summed E-state index contributed by atoms with van der Waals surface area (Å²) >= 11 is 0. The minimum absolute atomic E-state index is 0.449. The molecule has 1 saturated carbocycles. The maximum Gasteiger partial charge on any atom is 0.0164 e. The number of benzene rings is 1. The van der Waals surface area contributed by atoms with Gasteiger partial charge in [-0.1, -0.05) is 63.4 Å². The lowest BCUT2D eigenvalue weighted by Gasteiger charge is -2.28. The van der Waals surface area contributed by atoms with E-state index in [0.717, 1.165) is 6.54 Å². The van der Waals surface area contributed by atoms with Crippen LogP contribution in [0.4, 0.5) is 0 Å². The summed E-state index contributed by atoms with van der Waals surface area (Å²) in [5.74, 6) is 0. The molecule has 0 aliphatic heterocycles. The second kappa shape index (κ2) is 6.38. The molecule has 1 fully saturated rings. The lowest BCUT2D eigenvalue weighted by molar-refractivity contribution is 0.386. The molecule has 1 atom stereocenters. The third-order valence-corrected chi connectivity index (χ3v) is 4.35. The van der Waals surface area contributed by atoms with Crippen LogP contribution in [0.25, 0.3) is 0 Å². The van der Waals surface area contributed by atoms with Gasteiger partial charge in [-0.15, -0.1) is 0 Å². The summed E-state index contributed by atoms with van der Waals surface area (Å²) in [6, 6.07) is 11.8. The van der Waals surface area contributed by atoms with Gasteiger partial charge in [0.1, 0.15) is 0 Å². The van der Waals surface area contributed by atoms with E-state index in [0.29, 0.717) is 11.5 Å². The zero-order chi connectivity index (χ0) is 12.8. The van der Waals surface area contributed by atoms with Gasteiger partial charge in [0.2, 0.25) is 0 Å². The number of unbranched alkanes of at least 4 members (excludes halogenated alkanes) is 2. The molecule has 0 amide bonds. The van der Waals surface area contributed by atoms with Crippen LogP contribution in [0.2, 0.25) is 0 Å². The average Bonchev–Trinajstić information content (AvgIpc) is 3.21. The smallest absolute Gasteiger partial charge is 0.0164 e. The van der Waals surface area contributed by atoms with Gasteiger partial charge in [0, 0.05) is 11.5 Å². The number of hydrogen-bond donors (Lipinski definition) is 1. The highest BCUT2D eigenvalue weighted by molar-refractivity contribution is 5.33. The van der Waals surface area contributed by atoms with Crippen molar-refractivity contribution in [1.29, 1.82) is 0 Å². The van der Waals surface area contributed by atoms with Crippen LogP contribution in [-0.4, -0.2) is 12.6 Å². The van der Waals surface area contributed by atoms with E-state index in [1.54, 1.807) is 5.56 Å². The highest BCUT2D eigenvalue weighted by atomic mass is 14.9. The van der Waals surface area contributed by atoms with Gasteiger partial charge in [-0.3, -0.25) is 0 Å². The maximum atomic E-state index is 3.74. The van der Waals surface area contributed by atoms with Crippen molar-refractivity contribution in [2.24, 2.45) is 0 Å². The fourth-order valence-electron chi connectivity index (χ4n) is 3.16. The second-order valence-electron chi connectivity index (χ2n) is 5.63. The first-order chi connectivity index (χ1) is 8.83. The largest absolute Gasteiger partial charge is 0.313 e. The van der Waals surface area contributed by atoms with Crippen LogP contribution in [0.15, 0.2) is 30.3 Å². The quantitative estimate of drug-likeness (QED) is 0.674. The molecule has 0 aromatic heterocycles. The SMILES string of the molecule is CCCCCC(NCC)C1(c2ccccc2)CC1. The molecule has 100 valence electrons. The molecule has 18 heavy (non-hydrogen) atoms. The van der Waals surface area contributed by atoms with E-state index in [9.17, 15) is 0 Å². The predicted molar refractivity (Wildman–Crippen MR) is 79.0 cm³/mol. The highest BCUT2D eigenvalue weighted by Gasteiger charge is 2.49. The number of nitrogens with one attached hydrogen (secondary N) is 1. The molecule has 1 aliphatic carbocycles. The Labute approximate surface area is 112 Å². The molecule has 0 saturated heterocycles. The topological polar surface area (TPSA) is 12.0 Å². The minimum atomic E-state index is 0.449. The minimum Gasteiger partial charge on any atom is -0.313 e. The molecular weight excluding hydrogens is 218 g/mol. The Kier molecular flexibility index (Phi) is 4.82. The molecule has 1 N–H and O–H groups in total. The van der Waals surface area contributed by atoms with Crippen LogP contribution in [0.5, 0.6) is 0 Å². The first-order valence-electron chi connectivity index (χ1n) is 7.62. The zero-order valence-electron chi connectivity index (χ0n) is 11.9. The summed E-state index contributed by atoms with van der Waals surface area (Å²) in [5, 5.41) is 3.74. The van der Waals surface area contributed by atoms with Crippen LogP contribution in [0, 0.1) is 0 Å². The van der Waals surface area contributed by atoms with Crippen molar-refractivity contribution in [3.8, 4) is 0 Å². The van der Waals surface area contributed by atoms with Gasteiger partial charge < -0.3 is 5.32 Å². The highest BCUT2D eigenvalue weighted by Crippen LogP contribution is 2.52. The molecular formula is C17H27N. The monoisotopic (exact) mass is 245 g/mol. The number of rotatable bonds is 8. The molecule has 2 rings (SSSR count). The van der Waals surface area contributed by atoms with Gasteiger partial charge in [0.05, 0.1) is 0 Å². The van der Waals surface area contributed by atoms with Crippen molar-refractivity contribution in [2.45, 2.75) is 63.8 Å². The van der Waals surface area contributed by atoms with Crippen molar-refractivity contribution in [3.63, 3.8) is 0 Å². The second-order valence-corrected chi connectivity index (χ2v) is 5.63. The molecule has 1 unspecified atom stereocenters. The fourth-order valence-corrected chi connectivity index (χ4v) is 3.16. The van der Waals surface area contributed by atoms with Crippen molar-refractivity contribution in [3.05, 3.63) is 35.9 Å². The summed E-state index contributed by atoms with van der Waals surface area (Å²) in [7, 11) is 0. The van der Waals surface area contributed by atoms with Gasteiger partial charge in [0.25, 0.3) is 0 Å². The molecule has 0 spiro atoms. The first kappa shape index (κ1) is 13.6. The summed E-state index contributed by atoms with van der Waals surface area (Å²) in [4.78, 5) is 0. The van der Waals surface area contributed by atoms with Crippen LogP contribution in [0.1, 0.15) is 57.9 Å². The molecule has 0 bridgehead atoms. The molecule has 0 radical (unpaired) electrons. The Morgan fingerprint density at radius 2 is 1.83 bits per heavy atom. The summed E-state index contributed by atoms with van der Waals surface area (Å²) in [6.45, 7) is 5.60. The van der Waals surface area contributed by atoms with Crippen molar-refractivity contribution >= 4 is 0 Å². The van der Waals surface area contributed by atoms with Crippen LogP contribution in [-0.2, 0) is 5.41 Å². The molecule has 0 heterocycles. The Balaban J connectivity index is 2.05. The molecule has 1 heteroatoms. The van der Waals surface area contributed by atoms with Crippen LogP contribution < -0.4 is 5.32 Å². The number of likely N-dealkylation sites (N-methyl/N-ethyl adjacent to an activating group) is 1. The zero-order valence-corrected chi connectivity index (χ0v) is 11.9. The van der Waals surface area contributed by atoms with Crippen molar-refractivity contribution in [1.82, 2.24) is 5.32 Å². The van der Waals surface area contributed by atoms with Crippen LogP contribution in [0.3, 0.4) is 0 Å². The summed E-state index contributed by atoms with van der Waals surface area (Å²) in [6.07, 6.45) is 8.10. The Morgan fingerprint density at radius 3 is 2.39 bits per heavy atom. The van der Waals surface area contributed by atoms with E-state index >= 15 is 0 Å². The van der Waals surface area contributed by atoms with E-state index in [1.165, 1.54) is 38.5 Å². The molecule has 1 nitrogen and oxygen atoms in total. The standard InChI is InChI=1S/C17H27N/c1-3-5-7-12-16(18-4-2)17(13-14-17)15-10-8-6-9-11-15/h6,8-11,16,18H,3-5,7,12-14H2,1-2H3. The maximum absolute atomic E-state index is 3.74. The fraction of sp³-hybridized carbons (Fsp3) is 0.647. The van der Waals surface area contributed by atoms with Gasteiger partial charge in [-0.05, 0) is 31.4 Å². The molecule has 1 aromatic carbocycles. The van der Waals surface area contributed by atoms with E-state index in [2.05, 4.69) is 49.5 Å². The predicted octanol–water partition coefficient (Wildman–Crippen LogP) is 4.28. The lowest BCUT2D eigenvalue weighted by atomic mass is 9.85. The van der Waals surface area contributed by atoms with E-state index < -0.39 is 0 Å². The average molecular weight is 245 g/mol. The van der Waals surface area contributed by atoms with E-state index in [4.69, 9.17) is 0 Å². The molecule has 1 aliphatic rings. The van der Waals surface area contributed by atoms with Crippen molar-refractivity contribution < 1.29 is 0 Å². The van der Waals surface area contributed by atoms with Gasteiger partial charge >= 0.3 is 0 Å². The summed E-state index contributed by atoms with van der Waals surface area (Å²) < 4.78 is 0. The Hall–Kier alpha value is -0.820. The van der Waals surface area contributed by atoms with E-state index in [1.807, 2.05) is 0 Å². The van der Waals surface area contributed by atoms with E-state index in [-0.39, 0.29) is 0 Å². The number of hydrogen-bond acceptors (Lipinski definition) is 1. The van der Waals surface area contributed by atoms with Gasteiger partial charge in [-0.25, -0.2) is 0 Å². The van der Waals surface area contributed by atoms with Gasteiger partial charge in [0.15, 0.2) is 0 Å². The van der Waals surface area contributed by atoms with Crippen LogP contribution >= 0.6 is 0 Å². The third kappa shape index (κ3) is 2.95. The Bertz CT molecular complexity index is 340. The Morgan fingerprint density at radius 1 is 1.11 bits per heavy atom.